The van der Waals surface area contributed by atoms with Crippen molar-refractivity contribution in [2.75, 3.05) is 11.9 Å². The zero-order valence-corrected chi connectivity index (χ0v) is 12.8. The Labute approximate surface area is 116 Å². The van der Waals surface area contributed by atoms with E-state index in [1.54, 1.807) is 6.07 Å². The summed E-state index contributed by atoms with van der Waals surface area (Å²) in [5.41, 5.74) is 7.69. The lowest BCUT2D eigenvalue weighted by atomic mass is 9.95. The van der Waals surface area contributed by atoms with Crippen molar-refractivity contribution in [1.29, 1.82) is 0 Å². The van der Waals surface area contributed by atoms with Gasteiger partial charge in [-0.05, 0) is 45.2 Å². The number of hydrogen-bond donors (Lipinski definition) is 1. The fraction of sp³-hybridized carbons (Fsp3) is 0.625. The molecule has 2 N–H and O–H groups in total. The summed E-state index contributed by atoms with van der Waals surface area (Å²) in [5, 5.41) is 0. The first-order chi connectivity index (χ1) is 8.83. The summed E-state index contributed by atoms with van der Waals surface area (Å²) in [5.74, 6) is -0.153. The molecule has 1 aromatic rings. The third-order valence-electron chi connectivity index (χ3n) is 4.22. The van der Waals surface area contributed by atoms with Crippen molar-refractivity contribution in [3.63, 3.8) is 0 Å². The van der Waals surface area contributed by atoms with Crippen LogP contribution >= 0.6 is 0 Å². The molecule has 19 heavy (non-hydrogen) atoms. The van der Waals surface area contributed by atoms with Gasteiger partial charge in [0.15, 0.2) is 0 Å². The van der Waals surface area contributed by atoms with E-state index in [0.717, 1.165) is 24.1 Å². The molecule has 0 aliphatic rings. The van der Waals surface area contributed by atoms with Crippen molar-refractivity contribution >= 4 is 5.69 Å². The van der Waals surface area contributed by atoms with E-state index in [4.69, 9.17) is 5.73 Å². The van der Waals surface area contributed by atoms with Gasteiger partial charge in [0.2, 0.25) is 0 Å². The normalized spacial score (nSPS) is 13.4. The quantitative estimate of drug-likeness (QED) is 0.850. The first kappa shape index (κ1) is 16.0. The van der Waals surface area contributed by atoms with Crippen LogP contribution in [0.3, 0.4) is 0 Å². The highest BCUT2D eigenvalue weighted by Gasteiger charge is 2.24. The van der Waals surface area contributed by atoms with Crippen LogP contribution in [0.2, 0.25) is 0 Å². The number of hydrogen-bond acceptors (Lipinski definition) is 2. The molecule has 1 rings (SSSR count). The lowest BCUT2D eigenvalue weighted by molar-refractivity contribution is 0.467. The van der Waals surface area contributed by atoms with Gasteiger partial charge in [-0.3, -0.25) is 0 Å². The van der Waals surface area contributed by atoms with Crippen LogP contribution in [0, 0.1) is 5.82 Å². The van der Waals surface area contributed by atoms with Gasteiger partial charge in [-0.2, -0.15) is 0 Å². The summed E-state index contributed by atoms with van der Waals surface area (Å²) in [7, 11) is 2.03. The Hall–Kier alpha value is -1.09. The molecule has 108 valence electrons. The lowest BCUT2D eigenvalue weighted by Gasteiger charge is -2.38. The zero-order chi connectivity index (χ0) is 14.6. The maximum Gasteiger partial charge on any atom is 0.128 e. The summed E-state index contributed by atoms with van der Waals surface area (Å²) >= 11 is 0. The van der Waals surface area contributed by atoms with Gasteiger partial charge in [-0.1, -0.05) is 19.9 Å². The van der Waals surface area contributed by atoms with Gasteiger partial charge < -0.3 is 10.6 Å². The van der Waals surface area contributed by atoms with Crippen LogP contribution in [0.25, 0.3) is 0 Å². The third-order valence-corrected chi connectivity index (χ3v) is 4.22. The minimum absolute atomic E-state index is 0.00114. The second-order valence-corrected chi connectivity index (χ2v) is 5.83. The minimum atomic E-state index is -0.153. The molecule has 0 aromatic heterocycles. The lowest BCUT2D eigenvalue weighted by Crippen LogP contribution is -2.41. The van der Waals surface area contributed by atoms with E-state index >= 15 is 0 Å². The average molecular weight is 266 g/mol. The van der Waals surface area contributed by atoms with Crippen LogP contribution in [0.1, 0.15) is 46.1 Å². The van der Waals surface area contributed by atoms with Crippen molar-refractivity contribution in [1.82, 2.24) is 0 Å². The van der Waals surface area contributed by atoms with E-state index in [1.165, 1.54) is 6.07 Å². The molecule has 3 heteroatoms. The molecule has 0 saturated heterocycles. The Morgan fingerprint density at radius 2 is 1.95 bits per heavy atom. The fourth-order valence-electron chi connectivity index (χ4n) is 2.03. The Morgan fingerprint density at radius 1 is 1.32 bits per heavy atom. The summed E-state index contributed by atoms with van der Waals surface area (Å²) in [6.45, 7) is 8.51. The van der Waals surface area contributed by atoms with Crippen molar-refractivity contribution in [3.8, 4) is 0 Å². The van der Waals surface area contributed by atoms with E-state index in [0.29, 0.717) is 6.42 Å². The van der Waals surface area contributed by atoms with Crippen LogP contribution in [-0.2, 0) is 6.42 Å². The van der Waals surface area contributed by atoms with Crippen LogP contribution < -0.4 is 10.6 Å². The monoisotopic (exact) mass is 266 g/mol. The van der Waals surface area contributed by atoms with Crippen LogP contribution in [0.5, 0.6) is 0 Å². The Balaban J connectivity index is 3.17. The van der Waals surface area contributed by atoms with Crippen molar-refractivity contribution in [2.45, 2.75) is 58.5 Å². The molecule has 0 bridgehead atoms. The predicted octanol–water partition coefficient (Wildman–Crippen LogP) is 3.73. The molecule has 0 saturated carbocycles. The Kier molecular flexibility index (Phi) is 5.36. The fourth-order valence-corrected chi connectivity index (χ4v) is 2.03. The Bertz CT molecular complexity index is 415. The van der Waals surface area contributed by atoms with Gasteiger partial charge in [0.1, 0.15) is 5.82 Å². The topological polar surface area (TPSA) is 29.3 Å². The standard InChI is InChI=1S/C16H27FN2/c1-6-12(18)11-13-14(17)9-8-10-15(13)19(5)16(3,4)7-2/h8-10,12H,6-7,11,18H2,1-5H3. The second-order valence-electron chi connectivity index (χ2n) is 5.83. The number of anilines is 1. The molecule has 0 aliphatic heterocycles. The van der Waals surface area contributed by atoms with Crippen LogP contribution in [-0.4, -0.2) is 18.6 Å². The van der Waals surface area contributed by atoms with Gasteiger partial charge in [0, 0.05) is 29.9 Å². The van der Waals surface area contributed by atoms with Gasteiger partial charge in [-0.25, -0.2) is 4.39 Å². The molecule has 1 unspecified atom stereocenters. The number of halogens is 1. The third kappa shape index (κ3) is 3.69. The molecule has 1 atom stereocenters. The highest BCUT2D eigenvalue weighted by atomic mass is 19.1. The highest BCUT2D eigenvalue weighted by molar-refractivity contribution is 5.55. The maximum atomic E-state index is 14.1. The molecular weight excluding hydrogens is 239 g/mol. The van der Waals surface area contributed by atoms with Crippen molar-refractivity contribution in [3.05, 3.63) is 29.6 Å². The number of nitrogens with zero attached hydrogens (tertiary/aromatic N) is 1. The molecule has 0 aliphatic carbocycles. The number of nitrogens with two attached hydrogens (primary N) is 1. The molecular formula is C16H27FN2. The second kappa shape index (κ2) is 6.38. The van der Waals surface area contributed by atoms with Crippen molar-refractivity contribution < 1.29 is 4.39 Å². The SMILES string of the molecule is CCC(N)Cc1c(F)cccc1N(C)C(C)(C)CC. The van der Waals surface area contributed by atoms with E-state index in [1.807, 2.05) is 20.0 Å². The van der Waals surface area contributed by atoms with E-state index < -0.39 is 0 Å². The Morgan fingerprint density at radius 3 is 2.47 bits per heavy atom. The first-order valence-corrected chi connectivity index (χ1v) is 7.10. The van der Waals surface area contributed by atoms with Gasteiger partial charge in [0.25, 0.3) is 0 Å². The molecule has 1 aromatic carbocycles. The summed E-state index contributed by atoms with van der Waals surface area (Å²) in [6.07, 6.45) is 2.44. The summed E-state index contributed by atoms with van der Waals surface area (Å²) in [6, 6.07) is 5.29. The molecule has 0 fully saturated rings. The molecule has 0 amide bonds. The molecule has 0 spiro atoms. The number of benzene rings is 1. The molecule has 0 radical (unpaired) electrons. The maximum absolute atomic E-state index is 14.1. The highest BCUT2D eigenvalue weighted by Crippen LogP contribution is 2.30. The van der Waals surface area contributed by atoms with Gasteiger partial charge in [-0.15, -0.1) is 0 Å². The molecule has 0 heterocycles. The van der Waals surface area contributed by atoms with E-state index in [9.17, 15) is 4.39 Å². The summed E-state index contributed by atoms with van der Waals surface area (Å²) < 4.78 is 14.1. The summed E-state index contributed by atoms with van der Waals surface area (Å²) in [4.78, 5) is 2.16. The van der Waals surface area contributed by atoms with Gasteiger partial charge in [0.05, 0.1) is 0 Å². The van der Waals surface area contributed by atoms with Crippen LogP contribution in [0.15, 0.2) is 18.2 Å². The van der Waals surface area contributed by atoms with Gasteiger partial charge >= 0.3 is 0 Å². The zero-order valence-electron chi connectivity index (χ0n) is 12.8. The van der Waals surface area contributed by atoms with E-state index in [2.05, 4.69) is 25.7 Å². The van der Waals surface area contributed by atoms with Crippen LogP contribution in [0.4, 0.5) is 10.1 Å². The first-order valence-electron chi connectivity index (χ1n) is 7.10. The average Bonchev–Trinajstić information content (AvgIpc) is 2.39. The van der Waals surface area contributed by atoms with Crippen molar-refractivity contribution in [2.24, 2.45) is 5.73 Å². The minimum Gasteiger partial charge on any atom is -0.369 e. The predicted molar refractivity (Wildman–Crippen MR) is 81.1 cm³/mol. The largest absolute Gasteiger partial charge is 0.369 e. The molecule has 2 nitrogen and oxygen atoms in total. The number of rotatable bonds is 6. The van der Waals surface area contributed by atoms with E-state index in [-0.39, 0.29) is 17.4 Å². The smallest absolute Gasteiger partial charge is 0.128 e.